The Balaban J connectivity index is 2.16. The fraction of sp³-hybridized carbons (Fsp3) is 0.429. The van der Waals surface area contributed by atoms with E-state index in [1.807, 2.05) is 6.07 Å². The summed E-state index contributed by atoms with van der Waals surface area (Å²) < 4.78 is 0. The highest BCUT2D eigenvalue weighted by atomic mass is 15.2. The number of benzene rings is 1. The first-order valence-electron chi connectivity index (χ1n) is 8.59. The first kappa shape index (κ1) is 15.9. The lowest BCUT2D eigenvalue weighted by molar-refractivity contribution is 0.197. The first-order valence-corrected chi connectivity index (χ1v) is 8.59. The van der Waals surface area contributed by atoms with E-state index in [4.69, 9.17) is 9.98 Å². The predicted octanol–water partition coefficient (Wildman–Crippen LogP) is 5.36. The van der Waals surface area contributed by atoms with Crippen LogP contribution in [0.2, 0.25) is 0 Å². The van der Waals surface area contributed by atoms with Crippen molar-refractivity contribution in [2.24, 2.45) is 15.4 Å². The molecule has 3 rings (SSSR count). The summed E-state index contributed by atoms with van der Waals surface area (Å²) in [6, 6.07) is 10.5. The maximum absolute atomic E-state index is 5.18. The zero-order chi connectivity index (χ0) is 16.5. The molecule has 1 aliphatic carbocycles. The molecule has 0 N–H and O–H groups in total. The number of rotatable bonds is 3. The molecule has 0 spiro atoms. The van der Waals surface area contributed by atoms with Gasteiger partial charge in [0.25, 0.3) is 0 Å². The molecule has 0 bridgehead atoms. The summed E-state index contributed by atoms with van der Waals surface area (Å²) in [5, 5.41) is 0. The second kappa shape index (κ2) is 5.92. The van der Waals surface area contributed by atoms with Crippen LogP contribution in [0.25, 0.3) is 0 Å². The monoisotopic (exact) mass is 306 g/mol. The van der Waals surface area contributed by atoms with Crippen molar-refractivity contribution in [2.75, 3.05) is 0 Å². The van der Waals surface area contributed by atoms with Gasteiger partial charge < -0.3 is 0 Å². The van der Waals surface area contributed by atoms with Gasteiger partial charge in [0, 0.05) is 11.0 Å². The summed E-state index contributed by atoms with van der Waals surface area (Å²) in [4.78, 5) is 10.4. The summed E-state index contributed by atoms with van der Waals surface area (Å²) in [5.41, 5.74) is 4.09. The summed E-state index contributed by atoms with van der Waals surface area (Å²) in [6.45, 7) is 8.90. The van der Waals surface area contributed by atoms with Crippen LogP contribution in [0.5, 0.6) is 0 Å². The highest BCUT2D eigenvalue weighted by Crippen LogP contribution is 2.42. The smallest absolute Gasteiger partial charge is 0.156 e. The quantitative estimate of drug-likeness (QED) is 0.718. The molecule has 0 saturated heterocycles. The summed E-state index contributed by atoms with van der Waals surface area (Å²) in [5.74, 6) is 0. The topological polar surface area (TPSA) is 24.7 Å². The number of nitrogens with zero attached hydrogens (tertiary/aromatic N) is 2. The molecule has 2 heteroatoms. The van der Waals surface area contributed by atoms with Crippen LogP contribution in [0.15, 0.2) is 64.1 Å². The van der Waals surface area contributed by atoms with Crippen LogP contribution in [0.4, 0.5) is 0 Å². The van der Waals surface area contributed by atoms with Gasteiger partial charge in [-0.25, -0.2) is 0 Å². The van der Waals surface area contributed by atoms with Gasteiger partial charge in [-0.3, -0.25) is 9.98 Å². The zero-order valence-electron chi connectivity index (χ0n) is 14.6. The average molecular weight is 306 g/mol. The van der Waals surface area contributed by atoms with Gasteiger partial charge in [-0.1, -0.05) is 76.3 Å². The molecular formula is C21H26N2. The molecule has 1 aromatic carbocycles. The standard InChI is InChI=1S/C21H26N2/c1-5-21(20(2,3)4)22-18(16-12-8-6-9-13-16)19(23-21)17-14-10-7-11-15-17/h6,8-10,12-15H,5,7,11H2,1-4H3. The van der Waals surface area contributed by atoms with Crippen molar-refractivity contribution in [2.45, 2.75) is 52.6 Å². The summed E-state index contributed by atoms with van der Waals surface area (Å²) >= 11 is 0. The lowest BCUT2D eigenvalue weighted by Gasteiger charge is -2.35. The second-order valence-electron chi connectivity index (χ2n) is 7.35. The largest absolute Gasteiger partial charge is 0.252 e. The van der Waals surface area contributed by atoms with Crippen molar-refractivity contribution >= 4 is 11.4 Å². The van der Waals surface area contributed by atoms with Gasteiger partial charge in [0.1, 0.15) is 0 Å². The Hall–Kier alpha value is -1.96. The molecule has 2 nitrogen and oxygen atoms in total. The third-order valence-electron chi connectivity index (χ3n) is 4.83. The molecule has 0 amide bonds. The van der Waals surface area contributed by atoms with Crippen molar-refractivity contribution in [3.05, 3.63) is 59.7 Å². The Kier molecular flexibility index (Phi) is 4.09. The van der Waals surface area contributed by atoms with Gasteiger partial charge in [-0.15, -0.1) is 0 Å². The zero-order valence-corrected chi connectivity index (χ0v) is 14.6. The third-order valence-corrected chi connectivity index (χ3v) is 4.83. The molecule has 1 atom stereocenters. The lowest BCUT2D eigenvalue weighted by atomic mass is 9.79. The Morgan fingerprint density at radius 3 is 2.26 bits per heavy atom. The average Bonchev–Trinajstić information content (AvgIpc) is 2.98. The van der Waals surface area contributed by atoms with Gasteiger partial charge in [0.05, 0.1) is 11.4 Å². The minimum Gasteiger partial charge on any atom is -0.252 e. The van der Waals surface area contributed by atoms with Crippen LogP contribution >= 0.6 is 0 Å². The SMILES string of the molecule is CCC1(C(C)(C)C)N=C(C2=CCCC=C2)C(c2ccccc2)=N1. The van der Waals surface area contributed by atoms with Crippen molar-refractivity contribution in [3.63, 3.8) is 0 Å². The molecule has 2 aliphatic rings. The maximum atomic E-state index is 5.18. The van der Waals surface area contributed by atoms with Gasteiger partial charge in [-0.2, -0.15) is 0 Å². The Morgan fingerprint density at radius 2 is 1.70 bits per heavy atom. The van der Waals surface area contributed by atoms with E-state index in [-0.39, 0.29) is 11.1 Å². The molecule has 1 aliphatic heterocycles. The third kappa shape index (κ3) is 2.83. The lowest BCUT2D eigenvalue weighted by Crippen LogP contribution is -2.37. The van der Waals surface area contributed by atoms with Crippen LogP contribution < -0.4 is 0 Å². The van der Waals surface area contributed by atoms with Crippen LogP contribution in [0.3, 0.4) is 0 Å². The molecule has 0 fully saturated rings. The number of hydrogen-bond acceptors (Lipinski definition) is 2. The van der Waals surface area contributed by atoms with Crippen molar-refractivity contribution < 1.29 is 0 Å². The fourth-order valence-electron chi connectivity index (χ4n) is 3.31. The minimum atomic E-state index is -0.375. The van der Waals surface area contributed by atoms with Crippen molar-refractivity contribution in [1.29, 1.82) is 0 Å². The van der Waals surface area contributed by atoms with Crippen LogP contribution in [0.1, 0.15) is 52.5 Å². The molecule has 120 valence electrons. The Bertz CT molecular complexity index is 699. The van der Waals surface area contributed by atoms with Crippen molar-refractivity contribution in [1.82, 2.24) is 0 Å². The molecule has 0 aromatic heterocycles. The molecule has 1 heterocycles. The molecule has 0 saturated carbocycles. The molecule has 0 radical (unpaired) electrons. The van der Waals surface area contributed by atoms with Gasteiger partial charge >= 0.3 is 0 Å². The van der Waals surface area contributed by atoms with E-state index in [1.165, 1.54) is 5.57 Å². The van der Waals surface area contributed by atoms with E-state index < -0.39 is 0 Å². The van der Waals surface area contributed by atoms with Gasteiger partial charge in [0.15, 0.2) is 5.66 Å². The van der Waals surface area contributed by atoms with E-state index in [9.17, 15) is 0 Å². The van der Waals surface area contributed by atoms with Crippen LogP contribution in [0, 0.1) is 5.41 Å². The molecular weight excluding hydrogens is 280 g/mol. The minimum absolute atomic E-state index is 0.0114. The van der Waals surface area contributed by atoms with Crippen LogP contribution in [-0.2, 0) is 0 Å². The summed E-state index contributed by atoms with van der Waals surface area (Å²) in [6.07, 6.45) is 9.85. The molecule has 1 unspecified atom stereocenters. The molecule has 1 aromatic rings. The number of hydrogen-bond donors (Lipinski definition) is 0. The fourth-order valence-corrected chi connectivity index (χ4v) is 3.31. The summed E-state index contributed by atoms with van der Waals surface area (Å²) in [7, 11) is 0. The highest BCUT2D eigenvalue weighted by molar-refractivity contribution is 6.55. The number of aliphatic imine (C=N–C) groups is 2. The van der Waals surface area contributed by atoms with Crippen LogP contribution in [-0.4, -0.2) is 17.1 Å². The van der Waals surface area contributed by atoms with Gasteiger partial charge in [0.2, 0.25) is 0 Å². The Morgan fingerprint density at radius 1 is 1.00 bits per heavy atom. The van der Waals surface area contributed by atoms with Crippen molar-refractivity contribution in [3.8, 4) is 0 Å². The first-order chi connectivity index (χ1) is 11.0. The maximum Gasteiger partial charge on any atom is 0.156 e. The normalized spacial score (nSPS) is 24.3. The van der Waals surface area contributed by atoms with E-state index >= 15 is 0 Å². The van der Waals surface area contributed by atoms with E-state index in [0.29, 0.717) is 0 Å². The second-order valence-corrected chi connectivity index (χ2v) is 7.35. The predicted molar refractivity (Wildman–Crippen MR) is 99.3 cm³/mol. The Labute approximate surface area is 139 Å². The molecule has 23 heavy (non-hydrogen) atoms. The number of allylic oxidation sites excluding steroid dienone is 4. The van der Waals surface area contributed by atoms with Gasteiger partial charge in [-0.05, 0) is 24.8 Å². The highest BCUT2D eigenvalue weighted by Gasteiger charge is 2.45. The van der Waals surface area contributed by atoms with E-state index in [0.717, 1.165) is 36.2 Å². The van der Waals surface area contributed by atoms with E-state index in [2.05, 4.69) is 70.2 Å². The van der Waals surface area contributed by atoms with E-state index in [1.54, 1.807) is 0 Å².